The molecule has 128 valence electrons. The van der Waals surface area contributed by atoms with Crippen LogP contribution < -0.4 is 11.1 Å². The van der Waals surface area contributed by atoms with Gasteiger partial charge in [0.25, 0.3) is 11.8 Å². The topological polar surface area (TPSA) is 135 Å². The molecule has 2 amide bonds. The summed E-state index contributed by atoms with van der Waals surface area (Å²) in [6.07, 6.45) is 1.09. The fourth-order valence-electron chi connectivity index (χ4n) is 2.33. The number of hydrogen-bond acceptors (Lipinski definition) is 5. The van der Waals surface area contributed by atoms with Crippen molar-refractivity contribution in [3.05, 3.63) is 53.9 Å². The third-order valence-corrected chi connectivity index (χ3v) is 4.62. The lowest BCUT2D eigenvalue weighted by Crippen LogP contribution is -2.14. The van der Waals surface area contributed by atoms with Gasteiger partial charge in [0.2, 0.25) is 0 Å². The smallest absolute Gasteiger partial charge is 0.284 e. The van der Waals surface area contributed by atoms with E-state index in [-0.39, 0.29) is 16.3 Å². The number of primary amides is 1. The second-order valence-corrected chi connectivity index (χ2v) is 7.42. The minimum atomic E-state index is -3.39. The zero-order valence-electron chi connectivity index (χ0n) is 13.1. The quantitative estimate of drug-likeness (QED) is 0.646. The van der Waals surface area contributed by atoms with E-state index in [1.54, 1.807) is 24.3 Å². The van der Waals surface area contributed by atoms with E-state index in [0.29, 0.717) is 16.7 Å². The lowest BCUT2D eigenvalue weighted by molar-refractivity contribution is 0.0989. The fourth-order valence-corrected chi connectivity index (χ4v) is 3.00. The third-order valence-electron chi connectivity index (χ3n) is 3.51. The van der Waals surface area contributed by atoms with Crippen LogP contribution in [0.2, 0.25) is 0 Å². The summed E-state index contributed by atoms with van der Waals surface area (Å²) in [4.78, 5) is 30.7. The number of nitrogens with two attached hydrogens (primary N) is 1. The van der Waals surface area contributed by atoms with Crippen LogP contribution in [-0.4, -0.2) is 36.5 Å². The van der Waals surface area contributed by atoms with E-state index in [0.717, 1.165) is 6.26 Å². The van der Waals surface area contributed by atoms with Gasteiger partial charge in [-0.25, -0.2) is 13.4 Å². The molecule has 0 aliphatic rings. The molecule has 2 aromatic carbocycles. The molecule has 8 nitrogen and oxygen atoms in total. The second kappa shape index (κ2) is 6.02. The summed E-state index contributed by atoms with van der Waals surface area (Å²) in [6, 6.07) is 10.8. The molecule has 0 saturated carbocycles. The molecule has 0 saturated heterocycles. The Morgan fingerprint density at radius 2 is 1.88 bits per heavy atom. The van der Waals surface area contributed by atoms with Crippen LogP contribution in [0.4, 0.5) is 5.69 Å². The van der Waals surface area contributed by atoms with E-state index < -0.39 is 21.7 Å². The fraction of sp³-hybridized carbons (Fsp3) is 0.0625. The van der Waals surface area contributed by atoms with Gasteiger partial charge in [0, 0.05) is 11.9 Å². The van der Waals surface area contributed by atoms with Crippen LogP contribution in [0, 0.1) is 0 Å². The molecule has 0 bridgehead atoms. The van der Waals surface area contributed by atoms with E-state index in [2.05, 4.69) is 15.3 Å². The van der Waals surface area contributed by atoms with Crippen LogP contribution in [0.25, 0.3) is 11.0 Å². The molecule has 0 atom stereocenters. The van der Waals surface area contributed by atoms with Crippen molar-refractivity contribution < 1.29 is 18.0 Å². The Morgan fingerprint density at radius 3 is 2.56 bits per heavy atom. The van der Waals surface area contributed by atoms with Crippen LogP contribution in [0.15, 0.2) is 47.4 Å². The van der Waals surface area contributed by atoms with Crippen LogP contribution in [-0.2, 0) is 9.84 Å². The number of aromatic amines is 1. The monoisotopic (exact) mass is 358 g/mol. The maximum atomic E-state index is 12.5. The molecule has 0 aliphatic carbocycles. The number of carbonyl (C=O) groups excluding carboxylic acids is 2. The summed E-state index contributed by atoms with van der Waals surface area (Å²) in [6.45, 7) is 0. The first-order chi connectivity index (χ1) is 11.8. The molecule has 3 aromatic rings. The summed E-state index contributed by atoms with van der Waals surface area (Å²) in [5.41, 5.74) is 6.54. The van der Waals surface area contributed by atoms with Crippen molar-refractivity contribution >= 4 is 38.4 Å². The Bertz CT molecular complexity index is 1100. The van der Waals surface area contributed by atoms with Gasteiger partial charge in [-0.05, 0) is 30.3 Å². The molecular formula is C16H14N4O4S. The Hall–Kier alpha value is -3.20. The summed E-state index contributed by atoms with van der Waals surface area (Å²) in [5, 5.41) is 2.63. The normalized spacial score (nSPS) is 11.4. The van der Waals surface area contributed by atoms with E-state index in [4.69, 9.17) is 5.73 Å². The predicted molar refractivity (Wildman–Crippen MR) is 92.1 cm³/mol. The number of aromatic nitrogens is 2. The number of nitrogens with one attached hydrogen (secondary N) is 2. The summed E-state index contributed by atoms with van der Waals surface area (Å²) in [7, 11) is -3.39. The van der Waals surface area contributed by atoms with Gasteiger partial charge in [-0.3, -0.25) is 9.59 Å². The maximum Gasteiger partial charge on any atom is 0.284 e. The van der Waals surface area contributed by atoms with Gasteiger partial charge in [0.05, 0.1) is 16.0 Å². The molecule has 9 heteroatoms. The number of fused-ring (bicyclic) bond motifs is 1. The number of sulfone groups is 1. The number of imidazole rings is 1. The summed E-state index contributed by atoms with van der Waals surface area (Å²) >= 11 is 0. The van der Waals surface area contributed by atoms with E-state index in [1.165, 1.54) is 18.2 Å². The van der Waals surface area contributed by atoms with Gasteiger partial charge in [0.1, 0.15) is 5.52 Å². The minimum absolute atomic E-state index is 0.0469. The van der Waals surface area contributed by atoms with Crippen LogP contribution in [0.5, 0.6) is 0 Å². The van der Waals surface area contributed by atoms with Crippen molar-refractivity contribution in [2.45, 2.75) is 4.90 Å². The molecule has 0 radical (unpaired) electrons. The van der Waals surface area contributed by atoms with Crippen molar-refractivity contribution in [1.82, 2.24) is 9.97 Å². The first-order valence-corrected chi connectivity index (χ1v) is 9.05. The van der Waals surface area contributed by atoms with Gasteiger partial charge >= 0.3 is 0 Å². The second-order valence-electron chi connectivity index (χ2n) is 5.41. The van der Waals surface area contributed by atoms with E-state index in [9.17, 15) is 18.0 Å². The summed E-state index contributed by atoms with van der Waals surface area (Å²) < 4.78 is 23.2. The van der Waals surface area contributed by atoms with Crippen molar-refractivity contribution in [2.75, 3.05) is 11.6 Å². The number of hydrogen-bond donors (Lipinski definition) is 3. The van der Waals surface area contributed by atoms with Gasteiger partial charge in [0.15, 0.2) is 15.7 Å². The average Bonchev–Trinajstić information content (AvgIpc) is 2.98. The largest absolute Gasteiger partial charge is 0.363 e. The number of rotatable bonds is 4. The van der Waals surface area contributed by atoms with E-state index in [1.807, 2.05) is 0 Å². The number of amides is 2. The standard InChI is InChI=1S/C16H14N4O4S/c1-25(23,24)10-5-2-4-9(8-10)18-16(22)11-6-3-7-12-13(11)20-15(19-12)14(17)21/h2-8H,1H3,(H2,17,21)(H,18,22)(H,19,20). The Balaban J connectivity index is 1.97. The first kappa shape index (κ1) is 16.7. The highest BCUT2D eigenvalue weighted by Gasteiger charge is 2.16. The molecule has 0 spiro atoms. The molecule has 0 unspecified atom stereocenters. The zero-order chi connectivity index (χ0) is 18.2. The molecular weight excluding hydrogens is 344 g/mol. The molecule has 1 aromatic heterocycles. The predicted octanol–water partition coefficient (Wildman–Crippen LogP) is 1.32. The highest BCUT2D eigenvalue weighted by atomic mass is 32.2. The lowest BCUT2D eigenvalue weighted by atomic mass is 10.1. The number of carbonyl (C=O) groups is 2. The number of benzene rings is 2. The van der Waals surface area contributed by atoms with Crippen molar-refractivity contribution in [3.63, 3.8) is 0 Å². The number of nitrogens with zero attached hydrogens (tertiary/aromatic N) is 1. The molecule has 3 rings (SSSR count). The highest BCUT2D eigenvalue weighted by Crippen LogP contribution is 2.20. The Labute approximate surface area is 143 Å². The summed E-state index contributed by atoms with van der Waals surface area (Å²) in [5.74, 6) is -1.27. The minimum Gasteiger partial charge on any atom is -0.363 e. The van der Waals surface area contributed by atoms with Crippen molar-refractivity contribution in [1.29, 1.82) is 0 Å². The Morgan fingerprint density at radius 1 is 1.16 bits per heavy atom. The zero-order valence-corrected chi connectivity index (χ0v) is 13.9. The van der Waals surface area contributed by atoms with E-state index >= 15 is 0 Å². The lowest BCUT2D eigenvalue weighted by Gasteiger charge is -2.07. The number of H-pyrrole nitrogens is 1. The van der Waals surface area contributed by atoms with Crippen molar-refractivity contribution in [3.8, 4) is 0 Å². The van der Waals surface area contributed by atoms with Crippen molar-refractivity contribution in [2.24, 2.45) is 5.73 Å². The number of para-hydroxylation sites is 1. The third kappa shape index (κ3) is 3.36. The maximum absolute atomic E-state index is 12.5. The van der Waals surface area contributed by atoms with Gasteiger partial charge < -0.3 is 16.0 Å². The van der Waals surface area contributed by atoms with Crippen LogP contribution in [0.3, 0.4) is 0 Å². The molecule has 1 heterocycles. The molecule has 0 aliphatic heterocycles. The average molecular weight is 358 g/mol. The van der Waals surface area contributed by atoms with Gasteiger partial charge in [-0.2, -0.15) is 0 Å². The number of anilines is 1. The van der Waals surface area contributed by atoms with Gasteiger partial charge in [-0.15, -0.1) is 0 Å². The van der Waals surface area contributed by atoms with Crippen LogP contribution >= 0.6 is 0 Å². The highest BCUT2D eigenvalue weighted by molar-refractivity contribution is 7.90. The SMILES string of the molecule is CS(=O)(=O)c1cccc(NC(=O)c2cccc3[nH]c(C(N)=O)nc23)c1. The van der Waals surface area contributed by atoms with Gasteiger partial charge in [-0.1, -0.05) is 12.1 Å². The molecule has 25 heavy (non-hydrogen) atoms. The molecule has 0 fully saturated rings. The molecule has 4 N–H and O–H groups in total. The van der Waals surface area contributed by atoms with Crippen LogP contribution in [0.1, 0.15) is 21.0 Å². The first-order valence-electron chi connectivity index (χ1n) is 7.16. The Kier molecular flexibility index (Phi) is 4.01.